The van der Waals surface area contributed by atoms with Crippen LogP contribution in [0, 0.1) is 11.8 Å². The average molecular weight is 526 g/mol. The molecule has 1 aliphatic heterocycles. The fourth-order valence-corrected chi connectivity index (χ4v) is 5.65. The van der Waals surface area contributed by atoms with Crippen LogP contribution < -0.4 is 4.74 Å². The Kier molecular flexibility index (Phi) is 8.40. The number of ether oxygens (including phenoxy) is 2. The van der Waals surface area contributed by atoms with Crippen molar-refractivity contribution in [3.8, 4) is 5.75 Å². The summed E-state index contributed by atoms with van der Waals surface area (Å²) >= 11 is 6.75. The lowest BCUT2D eigenvalue weighted by Gasteiger charge is -2.35. The van der Waals surface area contributed by atoms with Crippen molar-refractivity contribution >= 4 is 28.3 Å². The highest BCUT2D eigenvalue weighted by Crippen LogP contribution is 2.41. The maximum Gasteiger partial charge on any atom is 0.391 e. The normalized spacial score (nSPS) is 23.1. The van der Waals surface area contributed by atoms with Crippen LogP contribution in [-0.2, 0) is 9.53 Å². The zero-order valence-electron chi connectivity index (χ0n) is 21.1. The van der Waals surface area contributed by atoms with E-state index in [-0.39, 0.29) is 43.0 Å². The summed E-state index contributed by atoms with van der Waals surface area (Å²) in [6.45, 7) is 7.52. The molecular formula is C28H35ClF3NO3. The van der Waals surface area contributed by atoms with Crippen LogP contribution in [0.15, 0.2) is 30.3 Å². The fraction of sp³-hybridized carbons (Fsp3) is 0.607. The van der Waals surface area contributed by atoms with Gasteiger partial charge in [0.1, 0.15) is 5.75 Å². The van der Waals surface area contributed by atoms with Gasteiger partial charge in [-0.05, 0) is 95.5 Å². The number of carbonyl (C=O) groups is 1. The van der Waals surface area contributed by atoms with Gasteiger partial charge in [-0.1, -0.05) is 29.8 Å². The Bertz CT molecular complexity index is 1060. The lowest BCUT2D eigenvalue weighted by atomic mass is 9.87. The van der Waals surface area contributed by atoms with Crippen molar-refractivity contribution in [2.45, 2.75) is 83.7 Å². The van der Waals surface area contributed by atoms with Crippen molar-refractivity contribution in [1.29, 1.82) is 0 Å². The van der Waals surface area contributed by atoms with Crippen LogP contribution in [-0.4, -0.2) is 42.3 Å². The highest BCUT2D eigenvalue weighted by molar-refractivity contribution is 6.37. The summed E-state index contributed by atoms with van der Waals surface area (Å²) in [6.07, 6.45) is -2.01. The second-order valence-corrected chi connectivity index (χ2v) is 10.8. The number of alkyl halides is 3. The van der Waals surface area contributed by atoms with Crippen molar-refractivity contribution in [2.75, 3.05) is 13.1 Å². The second kappa shape index (κ2) is 11.2. The first kappa shape index (κ1) is 27.1. The smallest absolute Gasteiger partial charge is 0.391 e. The molecule has 0 amide bonds. The molecule has 0 aromatic heterocycles. The Labute approximate surface area is 216 Å². The molecule has 1 saturated carbocycles. The zero-order chi connectivity index (χ0) is 26.0. The third-order valence-corrected chi connectivity index (χ3v) is 8.01. The molecular weight excluding hydrogens is 491 g/mol. The number of fused-ring (bicyclic) bond motifs is 1. The second-order valence-electron chi connectivity index (χ2n) is 10.5. The molecule has 4 nitrogen and oxygen atoms in total. The van der Waals surface area contributed by atoms with E-state index in [0.29, 0.717) is 23.6 Å². The molecule has 1 unspecified atom stereocenters. The first-order chi connectivity index (χ1) is 17.0. The molecule has 2 aromatic rings. The molecule has 2 aliphatic rings. The van der Waals surface area contributed by atoms with Crippen molar-refractivity contribution in [1.82, 2.24) is 4.90 Å². The number of likely N-dealkylation sites (tertiary alicyclic amines) is 1. The van der Waals surface area contributed by atoms with Crippen LogP contribution in [0.2, 0.25) is 5.02 Å². The van der Waals surface area contributed by atoms with Gasteiger partial charge in [0.05, 0.1) is 29.1 Å². The number of carbonyl (C=O) groups excluding carboxylic acids is 1. The van der Waals surface area contributed by atoms with Crippen molar-refractivity contribution in [3.05, 3.63) is 40.9 Å². The van der Waals surface area contributed by atoms with E-state index >= 15 is 0 Å². The number of nitrogens with zero attached hydrogens (tertiary/aromatic N) is 1. The summed E-state index contributed by atoms with van der Waals surface area (Å²) in [5.41, 5.74) is 1.12. The van der Waals surface area contributed by atoms with E-state index in [4.69, 9.17) is 21.1 Å². The summed E-state index contributed by atoms with van der Waals surface area (Å²) in [5.74, 6) is -0.865. The summed E-state index contributed by atoms with van der Waals surface area (Å²) < 4.78 is 50.4. The van der Waals surface area contributed by atoms with Gasteiger partial charge >= 0.3 is 12.1 Å². The number of rotatable bonds is 6. The summed E-state index contributed by atoms with van der Waals surface area (Å²) in [5, 5.41) is 2.35. The third kappa shape index (κ3) is 6.28. The first-order valence-electron chi connectivity index (χ1n) is 12.9. The maximum atomic E-state index is 13.0. The molecule has 2 fully saturated rings. The molecule has 1 saturated heterocycles. The molecule has 0 spiro atoms. The van der Waals surface area contributed by atoms with E-state index in [2.05, 4.69) is 24.0 Å². The predicted octanol–water partition coefficient (Wildman–Crippen LogP) is 7.72. The van der Waals surface area contributed by atoms with Gasteiger partial charge in [0.25, 0.3) is 0 Å². The molecule has 0 radical (unpaired) electrons. The Morgan fingerprint density at radius 1 is 1.00 bits per heavy atom. The van der Waals surface area contributed by atoms with E-state index < -0.39 is 12.1 Å². The largest absolute Gasteiger partial charge is 0.489 e. The third-order valence-electron chi connectivity index (χ3n) is 7.62. The van der Waals surface area contributed by atoms with Crippen LogP contribution in [0.3, 0.4) is 0 Å². The molecule has 198 valence electrons. The number of benzene rings is 2. The lowest BCUT2D eigenvalue weighted by molar-refractivity contribution is -0.185. The van der Waals surface area contributed by atoms with Gasteiger partial charge in [-0.25, -0.2) is 0 Å². The summed E-state index contributed by atoms with van der Waals surface area (Å²) in [4.78, 5) is 14.6. The van der Waals surface area contributed by atoms with E-state index in [1.807, 2.05) is 32.0 Å². The standard InChI is InChI=1S/C28H35ClF3NO3/c1-17(2)35-27(34)20-12-14-33(15-13-20)18(3)21-5-4-19-6-11-25(26(29)24(19)16-21)36-23-9-7-22(8-10-23)28(30,31)32/h4-6,11,16-18,20,22-23H,7-10,12-15H2,1-3H3/t18?,22-,23+. The first-order valence-corrected chi connectivity index (χ1v) is 13.3. The monoisotopic (exact) mass is 525 g/mol. The van der Waals surface area contributed by atoms with Crippen molar-refractivity contribution in [2.24, 2.45) is 11.8 Å². The van der Waals surface area contributed by atoms with Crippen LogP contribution in [0.1, 0.15) is 70.9 Å². The van der Waals surface area contributed by atoms with Gasteiger partial charge in [0, 0.05) is 11.4 Å². The average Bonchev–Trinajstić information content (AvgIpc) is 2.84. The molecule has 1 atom stereocenters. The summed E-state index contributed by atoms with van der Waals surface area (Å²) in [7, 11) is 0. The van der Waals surface area contributed by atoms with Crippen LogP contribution in [0.4, 0.5) is 13.2 Å². The molecule has 2 aromatic carbocycles. The molecule has 8 heteroatoms. The molecule has 0 bridgehead atoms. The summed E-state index contributed by atoms with van der Waals surface area (Å²) in [6, 6.07) is 10.1. The SMILES string of the molecule is CC(C)OC(=O)C1CCN(C(C)c2ccc3ccc(O[C@H]4CC[C@@H](C(F)(F)F)CC4)c(Cl)c3c2)CC1. The number of esters is 1. The number of halogens is 4. The Morgan fingerprint density at radius 2 is 1.64 bits per heavy atom. The van der Waals surface area contributed by atoms with Gasteiger partial charge < -0.3 is 9.47 Å². The molecule has 36 heavy (non-hydrogen) atoms. The Hall–Kier alpha value is -1.99. The molecule has 1 aliphatic carbocycles. The Balaban J connectivity index is 1.42. The van der Waals surface area contributed by atoms with E-state index in [1.165, 1.54) is 0 Å². The zero-order valence-corrected chi connectivity index (χ0v) is 21.9. The van der Waals surface area contributed by atoms with Crippen molar-refractivity contribution < 1.29 is 27.4 Å². The highest BCUT2D eigenvalue weighted by Gasteiger charge is 2.41. The minimum absolute atomic E-state index is 0.0483. The lowest BCUT2D eigenvalue weighted by Crippen LogP contribution is -2.38. The minimum atomic E-state index is -4.13. The Morgan fingerprint density at radius 3 is 2.25 bits per heavy atom. The maximum absolute atomic E-state index is 13.0. The van der Waals surface area contributed by atoms with Gasteiger partial charge in [0.2, 0.25) is 0 Å². The quantitative estimate of drug-likeness (QED) is 0.362. The van der Waals surface area contributed by atoms with Crippen LogP contribution in [0.25, 0.3) is 10.8 Å². The van der Waals surface area contributed by atoms with E-state index in [9.17, 15) is 18.0 Å². The molecule has 1 heterocycles. The van der Waals surface area contributed by atoms with Crippen LogP contribution in [0.5, 0.6) is 5.75 Å². The fourth-order valence-electron chi connectivity index (χ4n) is 5.38. The number of piperidine rings is 1. The van der Waals surface area contributed by atoms with Gasteiger partial charge in [-0.3, -0.25) is 9.69 Å². The molecule has 0 N–H and O–H groups in total. The van der Waals surface area contributed by atoms with Gasteiger partial charge in [0.15, 0.2) is 0 Å². The molecule has 4 rings (SSSR count). The predicted molar refractivity (Wildman–Crippen MR) is 135 cm³/mol. The van der Waals surface area contributed by atoms with E-state index in [1.54, 1.807) is 0 Å². The minimum Gasteiger partial charge on any atom is -0.489 e. The van der Waals surface area contributed by atoms with Gasteiger partial charge in [-0.2, -0.15) is 13.2 Å². The van der Waals surface area contributed by atoms with E-state index in [0.717, 1.165) is 42.3 Å². The van der Waals surface area contributed by atoms with Gasteiger partial charge in [-0.15, -0.1) is 0 Å². The number of hydrogen-bond acceptors (Lipinski definition) is 4. The van der Waals surface area contributed by atoms with Crippen molar-refractivity contribution in [3.63, 3.8) is 0 Å². The topological polar surface area (TPSA) is 38.8 Å². The number of hydrogen-bond donors (Lipinski definition) is 0. The highest BCUT2D eigenvalue weighted by atomic mass is 35.5. The van der Waals surface area contributed by atoms with Crippen LogP contribution >= 0.6 is 11.6 Å².